The molecule has 1 fully saturated rings. The highest BCUT2D eigenvalue weighted by Crippen LogP contribution is 2.28. The number of aromatic nitrogens is 5. The summed E-state index contributed by atoms with van der Waals surface area (Å²) in [6.45, 7) is 10.5. The fourth-order valence-corrected chi connectivity index (χ4v) is 4.26. The number of amides is 1. The average molecular weight is 501 g/mol. The number of carbonyl (C=O) groups is 1. The number of hydrogen-bond donors (Lipinski definition) is 2. The largest absolute Gasteiger partial charge is 0.444 e. The van der Waals surface area contributed by atoms with E-state index in [0.29, 0.717) is 50.2 Å². The molecule has 5 rings (SSSR count). The summed E-state index contributed by atoms with van der Waals surface area (Å²) in [6, 6.07) is 16.1. The van der Waals surface area contributed by atoms with Crippen LogP contribution in [0.2, 0.25) is 0 Å². The van der Waals surface area contributed by atoms with Crippen LogP contribution in [0, 0.1) is 6.92 Å². The molecule has 1 saturated heterocycles. The van der Waals surface area contributed by atoms with Gasteiger partial charge in [-0.15, -0.1) is 10.2 Å². The number of rotatable bonds is 5. The van der Waals surface area contributed by atoms with Crippen LogP contribution < -0.4 is 10.2 Å². The Morgan fingerprint density at radius 1 is 1.05 bits per heavy atom. The maximum absolute atomic E-state index is 12.6. The number of ether oxygens (including phenoxy) is 1. The first-order chi connectivity index (χ1) is 17.8. The fourth-order valence-electron chi connectivity index (χ4n) is 4.26. The van der Waals surface area contributed by atoms with Crippen molar-refractivity contribution in [1.82, 2.24) is 30.3 Å². The van der Waals surface area contributed by atoms with Crippen molar-refractivity contribution in [2.45, 2.75) is 39.8 Å². The molecule has 0 radical (unpaired) electrons. The summed E-state index contributed by atoms with van der Waals surface area (Å²) < 4.78 is 5.55. The summed E-state index contributed by atoms with van der Waals surface area (Å²) in [5.41, 5.74) is 3.36. The van der Waals surface area contributed by atoms with E-state index in [-0.39, 0.29) is 6.09 Å². The summed E-state index contributed by atoms with van der Waals surface area (Å²) in [6.07, 6.45) is -0.292. The van der Waals surface area contributed by atoms with Gasteiger partial charge in [0.05, 0.1) is 5.52 Å². The summed E-state index contributed by atoms with van der Waals surface area (Å²) in [7, 11) is 0. The van der Waals surface area contributed by atoms with Crippen molar-refractivity contribution in [2.24, 2.45) is 0 Å². The molecule has 2 aromatic heterocycles. The Balaban J connectivity index is 1.41. The zero-order chi connectivity index (χ0) is 26.0. The molecule has 0 atom stereocenters. The molecule has 1 amide bonds. The normalized spacial score (nSPS) is 14.2. The smallest absolute Gasteiger partial charge is 0.410 e. The number of fused-ring (bicyclic) bond motifs is 1. The maximum atomic E-state index is 12.6. The molecule has 0 spiro atoms. The highest BCUT2D eigenvalue weighted by molar-refractivity contribution is 5.85. The molecule has 3 heterocycles. The van der Waals surface area contributed by atoms with Crippen molar-refractivity contribution in [3.8, 4) is 11.4 Å². The van der Waals surface area contributed by atoms with Gasteiger partial charge in [0.1, 0.15) is 5.60 Å². The van der Waals surface area contributed by atoms with Gasteiger partial charge in [0.25, 0.3) is 0 Å². The van der Waals surface area contributed by atoms with Crippen LogP contribution in [-0.2, 0) is 11.3 Å². The lowest BCUT2D eigenvalue weighted by molar-refractivity contribution is 0.0240. The van der Waals surface area contributed by atoms with Crippen LogP contribution in [0.15, 0.2) is 48.5 Å². The highest BCUT2D eigenvalue weighted by atomic mass is 16.6. The summed E-state index contributed by atoms with van der Waals surface area (Å²) in [4.78, 5) is 21.4. The first-order valence-electron chi connectivity index (χ1n) is 12.5. The number of benzene rings is 2. The third-order valence-corrected chi connectivity index (χ3v) is 6.20. The Bertz CT molecular complexity index is 1390. The fraction of sp³-hybridized carbons (Fsp3) is 0.370. The zero-order valence-electron chi connectivity index (χ0n) is 21.7. The predicted molar refractivity (Wildman–Crippen MR) is 143 cm³/mol. The molecule has 10 nitrogen and oxygen atoms in total. The second-order valence-electron chi connectivity index (χ2n) is 10.2. The molecule has 0 bridgehead atoms. The van der Waals surface area contributed by atoms with Crippen molar-refractivity contribution >= 4 is 28.6 Å². The number of H-pyrrole nitrogens is 1. The van der Waals surface area contributed by atoms with Crippen LogP contribution in [0.5, 0.6) is 0 Å². The van der Waals surface area contributed by atoms with Crippen molar-refractivity contribution in [2.75, 3.05) is 36.4 Å². The van der Waals surface area contributed by atoms with E-state index in [4.69, 9.17) is 9.72 Å². The van der Waals surface area contributed by atoms with Gasteiger partial charge >= 0.3 is 6.09 Å². The Morgan fingerprint density at radius 3 is 2.54 bits per heavy atom. The number of carbonyl (C=O) groups excluding carboxylic acids is 1. The number of piperazine rings is 1. The predicted octanol–water partition coefficient (Wildman–Crippen LogP) is 4.39. The van der Waals surface area contributed by atoms with Crippen molar-refractivity contribution in [3.05, 3.63) is 59.8 Å². The van der Waals surface area contributed by atoms with Crippen LogP contribution in [0.3, 0.4) is 0 Å². The van der Waals surface area contributed by atoms with E-state index in [9.17, 15) is 4.79 Å². The Labute approximate surface area is 216 Å². The summed E-state index contributed by atoms with van der Waals surface area (Å²) >= 11 is 0. The van der Waals surface area contributed by atoms with Crippen LogP contribution in [0.25, 0.3) is 22.3 Å². The molecule has 0 aliphatic carbocycles. The van der Waals surface area contributed by atoms with Gasteiger partial charge in [-0.1, -0.05) is 30.3 Å². The molecular formula is C27H32N8O2. The van der Waals surface area contributed by atoms with Gasteiger partial charge in [-0.25, -0.2) is 9.78 Å². The van der Waals surface area contributed by atoms with Crippen LogP contribution in [-0.4, -0.2) is 68.2 Å². The van der Waals surface area contributed by atoms with Gasteiger partial charge < -0.3 is 19.9 Å². The lowest BCUT2D eigenvalue weighted by Gasteiger charge is -2.36. The zero-order valence-corrected chi connectivity index (χ0v) is 21.7. The molecule has 0 unspecified atom stereocenters. The lowest BCUT2D eigenvalue weighted by Crippen LogP contribution is -2.50. The standard InChI is InChI=1S/C27H32N8O2/c1-18-21-16-20(10-11-22(21)31-30-18)23-29-25(24(33-32-23)28-17-19-8-6-5-7-9-19)34-12-14-35(15-13-34)26(36)37-27(2,3)4/h5-11,16H,12-15,17H2,1-4H3,(H,28,33)(H,30,31). The SMILES string of the molecule is Cc1[nH]nc2ccc(-c3nnc(NCc4ccccc4)c(N4CCN(C(=O)OC(C)(C)C)CC4)n3)cc12. The quantitative estimate of drug-likeness (QED) is 0.415. The maximum Gasteiger partial charge on any atom is 0.410 e. The Kier molecular flexibility index (Phi) is 6.64. The van der Waals surface area contributed by atoms with Crippen molar-refractivity contribution < 1.29 is 9.53 Å². The Morgan fingerprint density at radius 2 is 1.81 bits per heavy atom. The lowest BCUT2D eigenvalue weighted by atomic mass is 10.1. The number of anilines is 2. The molecule has 2 N–H and O–H groups in total. The first-order valence-corrected chi connectivity index (χ1v) is 12.5. The molecule has 1 aliphatic heterocycles. The summed E-state index contributed by atoms with van der Waals surface area (Å²) in [5.74, 6) is 1.87. The van der Waals surface area contributed by atoms with Crippen LogP contribution in [0.1, 0.15) is 32.0 Å². The van der Waals surface area contributed by atoms with Crippen molar-refractivity contribution in [1.29, 1.82) is 0 Å². The van der Waals surface area contributed by atoms with Gasteiger partial charge in [-0.2, -0.15) is 5.10 Å². The van der Waals surface area contributed by atoms with E-state index in [1.807, 2.05) is 64.1 Å². The summed E-state index contributed by atoms with van der Waals surface area (Å²) in [5, 5.41) is 20.8. The van der Waals surface area contributed by atoms with Gasteiger partial charge in [0.15, 0.2) is 17.5 Å². The average Bonchev–Trinajstić information content (AvgIpc) is 3.27. The first kappa shape index (κ1) is 24.5. The molecule has 1 aliphatic rings. The minimum atomic E-state index is -0.525. The van der Waals surface area contributed by atoms with E-state index in [1.54, 1.807) is 4.90 Å². The molecule has 4 aromatic rings. The second-order valence-corrected chi connectivity index (χ2v) is 10.2. The van der Waals surface area contributed by atoms with E-state index in [0.717, 1.165) is 27.7 Å². The number of aryl methyl sites for hydroxylation is 1. The number of aromatic amines is 1. The minimum Gasteiger partial charge on any atom is -0.444 e. The number of hydrogen-bond acceptors (Lipinski definition) is 8. The molecule has 37 heavy (non-hydrogen) atoms. The second kappa shape index (κ2) is 10.0. The van der Waals surface area contributed by atoms with E-state index in [1.165, 1.54) is 0 Å². The van der Waals surface area contributed by atoms with Gasteiger partial charge in [-0.05, 0) is 51.5 Å². The van der Waals surface area contributed by atoms with Gasteiger partial charge in [0.2, 0.25) is 0 Å². The van der Waals surface area contributed by atoms with E-state index < -0.39 is 5.60 Å². The molecule has 192 valence electrons. The highest BCUT2D eigenvalue weighted by Gasteiger charge is 2.28. The molecular weight excluding hydrogens is 468 g/mol. The van der Waals surface area contributed by atoms with E-state index in [2.05, 4.69) is 42.7 Å². The van der Waals surface area contributed by atoms with Crippen LogP contribution >= 0.6 is 0 Å². The number of nitrogens with one attached hydrogen (secondary N) is 2. The molecule has 0 saturated carbocycles. The molecule has 2 aromatic carbocycles. The van der Waals surface area contributed by atoms with Gasteiger partial charge in [0, 0.05) is 49.4 Å². The topological polar surface area (TPSA) is 112 Å². The van der Waals surface area contributed by atoms with E-state index >= 15 is 0 Å². The third-order valence-electron chi connectivity index (χ3n) is 6.20. The van der Waals surface area contributed by atoms with Crippen LogP contribution in [0.4, 0.5) is 16.4 Å². The number of nitrogens with zero attached hydrogens (tertiary/aromatic N) is 6. The monoisotopic (exact) mass is 500 g/mol. The van der Waals surface area contributed by atoms with Gasteiger partial charge in [-0.3, -0.25) is 5.10 Å². The van der Waals surface area contributed by atoms with Crippen molar-refractivity contribution in [3.63, 3.8) is 0 Å². The third kappa shape index (κ3) is 5.63. The Hall–Kier alpha value is -4.21. The molecule has 10 heteroatoms. The minimum absolute atomic E-state index is 0.292.